The average Bonchev–Trinajstić information content (AvgIpc) is 2.22. The molecule has 0 aliphatic heterocycles. The second kappa shape index (κ2) is 7.41. The molecule has 0 saturated heterocycles. The molecule has 0 aromatic heterocycles. The van der Waals surface area contributed by atoms with Crippen molar-refractivity contribution in [1.82, 2.24) is 0 Å². The quantitative estimate of drug-likeness (QED) is 0.458. The monoisotopic (exact) mass is 318 g/mol. The Morgan fingerprint density at radius 1 is 0.478 bits per heavy atom. The van der Waals surface area contributed by atoms with E-state index in [0.29, 0.717) is 10.8 Å². The van der Waals surface area contributed by atoms with Gasteiger partial charge in [0, 0.05) is 0 Å². The van der Waals surface area contributed by atoms with E-state index in [4.69, 9.17) is 0 Å². The maximum Gasteiger partial charge on any atom is -0.0132 e. The summed E-state index contributed by atoms with van der Waals surface area (Å²) in [6.45, 7) is 27.2. The summed E-state index contributed by atoms with van der Waals surface area (Å²) in [5.41, 5.74) is 4.31. The summed E-state index contributed by atoms with van der Waals surface area (Å²) in [5, 5.41) is 0. The lowest BCUT2D eigenvalue weighted by molar-refractivity contribution is 0.233. The molecule has 0 heterocycles. The molecule has 0 unspecified atom stereocenters. The highest BCUT2D eigenvalue weighted by atomic mass is 14.3. The van der Waals surface area contributed by atoms with Gasteiger partial charge in [-0.3, -0.25) is 0 Å². The Morgan fingerprint density at radius 2 is 0.696 bits per heavy atom. The standard InChI is InChI=1S/C14H22.C9H20/c1-13(2,3)11-7-9-12(10-8-11)14(4,5)6;1-8(2,3)7-9(4,5)6/h7-10H,1-6H3;7H2,1-6H3. The van der Waals surface area contributed by atoms with Crippen molar-refractivity contribution in [3.63, 3.8) is 0 Å². The fraction of sp³-hybridized carbons (Fsp3) is 0.739. The lowest BCUT2D eigenvalue weighted by Gasteiger charge is -2.28. The van der Waals surface area contributed by atoms with Crippen molar-refractivity contribution < 1.29 is 0 Å². The summed E-state index contributed by atoms with van der Waals surface area (Å²) < 4.78 is 0. The third kappa shape index (κ3) is 10.6. The summed E-state index contributed by atoms with van der Waals surface area (Å²) in [6.07, 6.45) is 1.29. The van der Waals surface area contributed by atoms with Gasteiger partial charge in [-0.25, -0.2) is 0 Å². The zero-order valence-corrected chi connectivity index (χ0v) is 18.0. The van der Waals surface area contributed by atoms with Crippen LogP contribution >= 0.6 is 0 Å². The minimum Gasteiger partial charge on any atom is -0.0602 e. The fourth-order valence-electron chi connectivity index (χ4n) is 3.06. The van der Waals surface area contributed by atoms with Crippen molar-refractivity contribution in [3.8, 4) is 0 Å². The molecule has 0 radical (unpaired) electrons. The van der Waals surface area contributed by atoms with Crippen molar-refractivity contribution in [2.75, 3.05) is 0 Å². The Morgan fingerprint density at radius 3 is 0.783 bits per heavy atom. The van der Waals surface area contributed by atoms with Crippen LogP contribution in [0.25, 0.3) is 0 Å². The molecular formula is C23H42. The third-order valence-corrected chi connectivity index (χ3v) is 3.68. The molecule has 1 aromatic rings. The molecule has 0 aliphatic rings. The van der Waals surface area contributed by atoms with Crippen molar-refractivity contribution >= 4 is 0 Å². The van der Waals surface area contributed by atoms with E-state index in [1.165, 1.54) is 17.5 Å². The number of hydrogen-bond donors (Lipinski definition) is 0. The Balaban J connectivity index is 0.000000468. The predicted octanol–water partition coefficient (Wildman–Crippen LogP) is 7.75. The molecule has 0 amide bonds. The second-order valence-electron chi connectivity index (χ2n) is 11.4. The first-order valence-electron chi connectivity index (χ1n) is 9.03. The number of hydrogen-bond acceptors (Lipinski definition) is 0. The maximum atomic E-state index is 2.29. The fourth-order valence-corrected chi connectivity index (χ4v) is 3.06. The highest BCUT2D eigenvalue weighted by molar-refractivity contribution is 5.30. The molecule has 0 atom stereocenters. The lowest BCUT2D eigenvalue weighted by atomic mass is 9.78. The zero-order valence-electron chi connectivity index (χ0n) is 18.0. The van der Waals surface area contributed by atoms with E-state index in [-0.39, 0.29) is 10.8 Å². The first kappa shape index (κ1) is 22.2. The van der Waals surface area contributed by atoms with Gasteiger partial charge in [0.05, 0.1) is 0 Å². The molecule has 0 aliphatic carbocycles. The summed E-state index contributed by atoms with van der Waals surface area (Å²) >= 11 is 0. The largest absolute Gasteiger partial charge is 0.0602 e. The van der Waals surface area contributed by atoms with Crippen LogP contribution in [0.4, 0.5) is 0 Å². The van der Waals surface area contributed by atoms with Crippen molar-refractivity contribution in [2.24, 2.45) is 10.8 Å². The first-order chi connectivity index (χ1) is 9.92. The highest BCUT2D eigenvalue weighted by Gasteiger charge is 2.20. The van der Waals surface area contributed by atoms with Crippen LogP contribution in [0, 0.1) is 10.8 Å². The first-order valence-corrected chi connectivity index (χ1v) is 9.03. The van der Waals surface area contributed by atoms with Crippen LogP contribution in [0.5, 0.6) is 0 Å². The molecule has 1 rings (SSSR count). The molecular weight excluding hydrogens is 276 g/mol. The molecule has 0 nitrogen and oxygen atoms in total. The van der Waals surface area contributed by atoms with Crippen LogP contribution in [0.3, 0.4) is 0 Å². The van der Waals surface area contributed by atoms with Gasteiger partial charge in [-0.05, 0) is 39.2 Å². The Bertz CT molecular complexity index is 402. The molecule has 0 heteroatoms. The van der Waals surface area contributed by atoms with Crippen LogP contribution in [0.1, 0.15) is 101 Å². The Labute approximate surface area is 147 Å². The molecule has 1 aromatic carbocycles. The third-order valence-electron chi connectivity index (χ3n) is 3.68. The maximum absolute atomic E-state index is 2.29. The lowest BCUT2D eigenvalue weighted by Crippen LogP contribution is -2.16. The SMILES string of the molecule is CC(C)(C)CC(C)(C)C.CC(C)(C)c1ccc(C(C)(C)C)cc1. The van der Waals surface area contributed by atoms with Gasteiger partial charge in [0.25, 0.3) is 0 Å². The average molecular weight is 319 g/mol. The van der Waals surface area contributed by atoms with Crippen molar-refractivity contribution in [1.29, 1.82) is 0 Å². The smallest absolute Gasteiger partial charge is 0.0132 e. The van der Waals surface area contributed by atoms with E-state index in [0.717, 1.165) is 0 Å². The highest BCUT2D eigenvalue weighted by Crippen LogP contribution is 2.32. The van der Waals surface area contributed by atoms with Crippen LogP contribution in [0.15, 0.2) is 24.3 Å². The molecule has 23 heavy (non-hydrogen) atoms. The van der Waals surface area contributed by atoms with E-state index in [1.807, 2.05) is 0 Å². The summed E-state index contributed by atoms with van der Waals surface area (Å²) in [6, 6.07) is 9.00. The van der Waals surface area contributed by atoms with Gasteiger partial charge in [0.2, 0.25) is 0 Å². The van der Waals surface area contributed by atoms with Gasteiger partial charge in [-0.15, -0.1) is 0 Å². The van der Waals surface area contributed by atoms with E-state index in [1.54, 1.807) is 0 Å². The predicted molar refractivity (Wildman–Crippen MR) is 107 cm³/mol. The minimum absolute atomic E-state index is 0.260. The molecule has 0 saturated carbocycles. The molecule has 0 bridgehead atoms. The summed E-state index contributed by atoms with van der Waals surface area (Å²) in [5.74, 6) is 0. The molecule has 0 N–H and O–H groups in total. The minimum atomic E-state index is 0.260. The second-order valence-corrected chi connectivity index (χ2v) is 11.4. The molecule has 134 valence electrons. The van der Waals surface area contributed by atoms with Gasteiger partial charge in [0.1, 0.15) is 0 Å². The van der Waals surface area contributed by atoms with Crippen LogP contribution in [0.2, 0.25) is 0 Å². The van der Waals surface area contributed by atoms with Gasteiger partial charge < -0.3 is 0 Å². The Kier molecular flexibility index (Phi) is 7.16. The normalized spacial score (nSPS) is 13.4. The van der Waals surface area contributed by atoms with Gasteiger partial charge >= 0.3 is 0 Å². The zero-order chi connectivity index (χ0) is 18.7. The van der Waals surface area contributed by atoms with Crippen LogP contribution in [-0.2, 0) is 10.8 Å². The van der Waals surface area contributed by atoms with Crippen molar-refractivity contribution in [3.05, 3.63) is 35.4 Å². The van der Waals surface area contributed by atoms with E-state index in [9.17, 15) is 0 Å². The van der Waals surface area contributed by atoms with Gasteiger partial charge in [-0.1, -0.05) is 107 Å². The van der Waals surface area contributed by atoms with Crippen LogP contribution < -0.4 is 0 Å². The van der Waals surface area contributed by atoms with E-state index >= 15 is 0 Å². The van der Waals surface area contributed by atoms with Gasteiger partial charge in [-0.2, -0.15) is 0 Å². The summed E-state index contributed by atoms with van der Waals surface area (Å²) in [7, 11) is 0. The Hall–Kier alpha value is -0.780. The van der Waals surface area contributed by atoms with E-state index in [2.05, 4.69) is 107 Å². The number of benzene rings is 1. The molecule has 0 fully saturated rings. The number of rotatable bonds is 0. The summed E-state index contributed by atoms with van der Waals surface area (Å²) in [4.78, 5) is 0. The van der Waals surface area contributed by atoms with Gasteiger partial charge in [0.15, 0.2) is 0 Å². The topological polar surface area (TPSA) is 0 Å². The van der Waals surface area contributed by atoms with E-state index < -0.39 is 0 Å². The van der Waals surface area contributed by atoms with Crippen molar-refractivity contribution in [2.45, 2.75) is 100 Å². The van der Waals surface area contributed by atoms with Crippen LogP contribution in [-0.4, -0.2) is 0 Å². The molecule has 0 spiro atoms.